The molecule has 100 valence electrons. The van der Waals surface area contributed by atoms with Crippen LogP contribution in [0.4, 0.5) is 8.78 Å². The van der Waals surface area contributed by atoms with E-state index in [9.17, 15) is 13.6 Å². The second kappa shape index (κ2) is 5.46. The van der Waals surface area contributed by atoms with Gasteiger partial charge in [-0.25, -0.2) is 8.78 Å². The maximum Gasteiger partial charge on any atom is 0.220 e. The van der Waals surface area contributed by atoms with Crippen LogP contribution in [0.1, 0.15) is 38.7 Å². The minimum Gasteiger partial charge on any atom is -0.359 e. The zero-order valence-corrected chi connectivity index (χ0v) is 11.2. The summed E-state index contributed by atoms with van der Waals surface area (Å²) < 4.78 is 26.5. The van der Waals surface area contributed by atoms with Gasteiger partial charge >= 0.3 is 0 Å². The highest BCUT2D eigenvalue weighted by Crippen LogP contribution is 2.38. The number of nitrogens with one attached hydrogen (secondary N) is 1. The molecule has 0 aromatic heterocycles. The second-order valence-electron chi connectivity index (χ2n) is 5.50. The topological polar surface area (TPSA) is 29.1 Å². The van der Waals surface area contributed by atoms with E-state index in [4.69, 9.17) is 0 Å². The Bertz CT molecular complexity index is 418. The quantitative estimate of drug-likeness (QED) is 0.882. The molecule has 0 fully saturated rings. The van der Waals surface area contributed by atoms with E-state index >= 15 is 0 Å². The smallest absolute Gasteiger partial charge is 0.220 e. The predicted molar refractivity (Wildman–Crippen MR) is 67.2 cm³/mol. The molecular formula is C14H19F2NO. The van der Waals surface area contributed by atoms with Gasteiger partial charge in [0.1, 0.15) is 11.6 Å². The average Bonchev–Trinajstić information content (AvgIpc) is 2.22. The molecule has 0 saturated heterocycles. The van der Waals surface area contributed by atoms with Crippen molar-refractivity contribution in [1.82, 2.24) is 5.32 Å². The molecule has 0 spiro atoms. The van der Waals surface area contributed by atoms with Crippen molar-refractivity contribution in [1.29, 1.82) is 0 Å². The Morgan fingerprint density at radius 1 is 1.22 bits per heavy atom. The lowest BCUT2D eigenvalue weighted by molar-refractivity contribution is -0.121. The fraction of sp³-hybridized carbons (Fsp3) is 0.500. The minimum atomic E-state index is -0.615. The van der Waals surface area contributed by atoms with Crippen LogP contribution in [0.15, 0.2) is 18.2 Å². The van der Waals surface area contributed by atoms with E-state index in [0.29, 0.717) is 5.56 Å². The number of hydrogen-bond acceptors (Lipinski definition) is 1. The molecule has 1 rings (SSSR count). The van der Waals surface area contributed by atoms with Crippen molar-refractivity contribution in [3.05, 3.63) is 35.4 Å². The van der Waals surface area contributed by atoms with Gasteiger partial charge in [-0.15, -0.1) is 0 Å². The second-order valence-corrected chi connectivity index (χ2v) is 5.50. The summed E-state index contributed by atoms with van der Waals surface area (Å²) in [6.07, 6.45) is 0.211. The van der Waals surface area contributed by atoms with Crippen LogP contribution in [-0.4, -0.2) is 13.0 Å². The van der Waals surface area contributed by atoms with Gasteiger partial charge in [-0.1, -0.05) is 20.8 Å². The fourth-order valence-corrected chi connectivity index (χ4v) is 1.99. The van der Waals surface area contributed by atoms with E-state index in [-0.39, 0.29) is 23.7 Å². The van der Waals surface area contributed by atoms with E-state index in [0.717, 1.165) is 6.07 Å². The van der Waals surface area contributed by atoms with Crippen molar-refractivity contribution in [2.75, 3.05) is 7.05 Å². The number of benzene rings is 1. The molecule has 0 heterocycles. The normalized spacial score (nSPS) is 13.2. The number of halogens is 2. The zero-order chi connectivity index (χ0) is 13.9. The molecule has 4 heteroatoms. The van der Waals surface area contributed by atoms with Gasteiger partial charge in [0.25, 0.3) is 0 Å². The summed E-state index contributed by atoms with van der Waals surface area (Å²) in [5.41, 5.74) is 0.260. The van der Waals surface area contributed by atoms with Crippen molar-refractivity contribution in [3.8, 4) is 0 Å². The number of hydrogen-bond donors (Lipinski definition) is 1. The van der Waals surface area contributed by atoms with Gasteiger partial charge in [0.05, 0.1) is 0 Å². The molecule has 0 aliphatic carbocycles. The lowest BCUT2D eigenvalue weighted by Gasteiger charge is -2.30. The molecule has 1 amide bonds. The third-order valence-electron chi connectivity index (χ3n) is 3.00. The first-order chi connectivity index (χ1) is 8.24. The fourth-order valence-electron chi connectivity index (χ4n) is 1.99. The highest BCUT2D eigenvalue weighted by Gasteiger charge is 2.29. The third kappa shape index (κ3) is 3.79. The van der Waals surface area contributed by atoms with Crippen LogP contribution in [0.25, 0.3) is 0 Å². The summed E-state index contributed by atoms with van der Waals surface area (Å²) in [5.74, 6) is -1.60. The summed E-state index contributed by atoms with van der Waals surface area (Å²) in [7, 11) is 1.55. The number of carbonyl (C=O) groups is 1. The molecule has 1 unspecified atom stereocenters. The Labute approximate surface area is 106 Å². The Morgan fingerprint density at radius 3 is 2.11 bits per heavy atom. The van der Waals surface area contributed by atoms with Crippen molar-refractivity contribution in [3.63, 3.8) is 0 Å². The van der Waals surface area contributed by atoms with Crippen LogP contribution in [-0.2, 0) is 4.79 Å². The van der Waals surface area contributed by atoms with Crippen molar-refractivity contribution in [2.45, 2.75) is 33.1 Å². The van der Waals surface area contributed by atoms with Gasteiger partial charge < -0.3 is 5.32 Å². The summed E-state index contributed by atoms with van der Waals surface area (Å²) >= 11 is 0. The van der Waals surface area contributed by atoms with Gasteiger partial charge in [0.2, 0.25) is 5.91 Å². The summed E-state index contributed by atoms with van der Waals surface area (Å²) in [6, 6.07) is 3.42. The van der Waals surface area contributed by atoms with Crippen molar-refractivity contribution < 1.29 is 13.6 Å². The molecule has 2 nitrogen and oxygen atoms in total. The van der Waals surface area contributed by atoms with E-state index in [1.165, 1.54) is 12.1 Å². The highest BCUT2D eigenvalue weighted by molar-refractivity contribution is 5.76. The van der Waals surface area contributed by atoms with Gasteiger partial charge in [-0.3, -0.25) is 4.79 Å². The first-order valence-corrected chi connectivity index (χ1v) is 5.90. The average molecular weight is 255 g/mol. The van der Waals surface area contributed by atoms with E-state index in [2.05, 4.69) is 5.32 Å². The molecule has 0 bridgehead atoms. The van der Waals surface area contributed by atoms with Gasteiger partial charge in [0, 0.05) is 19.5 Å². The number of rotatable bonds is 3. The lowest BCUT2D eigenvalue weighted by atomic mass is 9.74. The largest absolute Gasteiger partial charge is 0.359 e. The van der Waals surface area contributed by atoms with Crippen LogP contribution in [0.2, 0.25) is 0 Å². The Balaban J connectivity index is 3.13. The van der Waals surface area contributed by atoms with Gasteiger partial charge in [0.15, 0.2) is 0 Å². The zero-order valence-electron chi connectivity index (χ0n) is 11.2. The Hall–Kier alpha value is -1.45. The number of carbonyl (C=O) groups excluding carboxylic acids is 1. The summed E-state index contributed by atoms with van der Waals surface area (Å²) in [4.78, 5) is 11.5. The predicted octanol–water partition coefficient (Wildman–Crippen LogP) is 3.23. The first kappa shape index (κ1) is 14.6. The van der Waals surface area contributed by atoms with Crippen LogP contribution in [0, 0.1) is 17.0 Å². The monoisotopic (exact) mass is 255 g/mol. The van der Waals surface area contributed by atoms with Crippen LogP contribution in [0.5, 0.6) is 0 Å². The molecule has 0 radical (unpaired) electrons. The van der Waals surface area contributed by atoms with Crippen LogP contribution >= 0.6 is 0 Å². The minimum absolute atomic E-state index is 0.139. The summed E-state index contributed by atoms with van der Waals surface area (Å²) in [5, 5.41) is 2.54. The van der Waals surface area contributed by atoms with Crippen molar-refractivity contribution >= 4 is 5.91 Å². The molecule has 1 N–H and O–H groups in total. The Morgan fingerprint density at radius 2 is 1.72 bits per heavy atom. The molecule has 1 aromatic carbocycles. The molecule has 0 saturated carbocycles. The summed E-state index contributed by atoms with van der Waals surface area (Å²) in [6.45, 7) is 5.84. The van der Waals surface area contributed by atoms with Crippen molar-refractivity contribution in [2.24, 2.45) is 5.41 Å². The van der Waals surface area contributed by atoms with E-state index in [1.54, 1.807) is 7.05 Å². The molecule has 1 atom stereocenters. The third-order valence-corrected chi connectivity index (χ3v) is 3.00. The molecule has 18 heavy (non-hydrogen) atoms. The van der Waals surface area contributed by atoms with Gasteiger partial charge in [-0.05, 0) is 29.0 Å². The van der Waals surface area contributed by atoms with Gasteiger partial charge in [-0.2, -0.15) is 0 Å². The molecule has 1 aromatic rings. The Kier molecular flexibility index (Phi) is 4.43. The van der Waals surface area contributed by atoms with E-state index in [1.807, 2.05) is 20.8 Å². The maximum atomic E-state index is 13.3. The number of amides is 1. The first-order valence-electron chi connectivity index (χ1n) is 5.90. The maximum absolute atomic E-state index is 13.3. The highest BCUT2D eigenvalue weighted by atomic mass is 19.1. The SMILES string of the molecule is CNC(=O)CC(c1cc(F)cc(F)c1)C(C)(C)C. The van der Waals surface area contributed by atoms with Crippen LogP contribution in [0.3, 0.4) is 0 Å². The standard InChI is InChI=1S/C14H19F2NO/c1-14(2,3)12(8-13(18)17-4)9-5-10(15)7-11(16)6-9/h5-7,12H,8H2,1-4H3,(H,17,18). The van der Waals surface area contributed by atoms with E-state index < -0.39 is 11.6 Å². The molecular weight excluding hydrogens is 236 g/mol. The molecule has 0 aliphatic heterocycles. The molecule has 0 aliphatic rings. The lowest BCUT2D eigenvalue weighted by Crippen LogP contribution is -2.27. The van der Waals surface area contributed by atoms with Crippen LogP contribution < -0.4 is 5.32 Å².